The van der Waals surface area contributed by atoms with Gasteiger partial charge in [-0.2, -0.15) is 0 Å². The molecule has 1 saturated heterocycles. The molecule has 1 rings (SSSR count). The van der Waals surface area contributed by atoms with Gasteiger partial charge in [-0.25, -0.2) is 0 Å². The van der Waals surface area contributed by atoms with Crippen molar-refractivity contribution >= 4 is 0 Å². The van der Waals surface area contributed by atoms with Crippen LogP contribution in [0.1, 0.15) is 26.7 Å². The quantitative estimate of drug-likeness (QED) is 0.657. The van der Waals surface area contributed by atoms with Crippen LogP contribution in [-0.2, 0) is 0 Å². The van der Waals surface area contributed by atoms with E-state index in [2.05, 4.69) is 25.8 Å². The van der Waals surface area contributed by atoms with Crippen LogP contribution in [0.3, 0.4) is 0 Å². The van der Waals surface area contributed by atoms with Gasteiger partial charge in [0.1, 0.15) is 0 Å². The molecule has 1 aliphatic heterocycles. The first-order valence-electron chi connectivity index (χ1n) is 5.16. The largest absolute Gasteiger partial charge is 0.392 e. The number of nitrogens with zero attached hydrogens (tertiary/aromatic N) is 1. The lowest BCUT2D eigenvalue weighted by atomic mass is 9.84. The van der Waals surface area contributed by atoms with Gasteiger partial charge in [0.05, 0.1) is 6.10 Å². The monoisotopic (exact) mass is 186 g/mol. The molecule has 0 bridgehead atoms. The first kappa shape index (κ1) is 11.0. The predicted molar refractivity (Wildman–Crippen MR) is 54.5 cm³/mol. The van der Waals surface area contributed by atoms with E-state index >= 15 is 0 Å². The molecule has 0 aromatic heterocycles. The van der Waals surface area contributed by atoms with E-state index in [9.17, 15) is 5.11 Å². The van der Waals surface area contributed by atoms with Crippen LogP contribution in [0.15, 0.2) is 0 Å². The van der Waals surface area contributed by atoms with E-state index in [4.69, 9.17) is 5.73 Å². The molecule has 3 atom stereocenters. The summed E-state index contributed by atoms with van der Waals surface area (Å²) in [4.78, 5) is 2.37. The molecule has 13 heavy (non-hydrogen) atoms. The van der Waals surface area contributed by atoms with Crippen molar-refractivity contribution in [2.75, 3.05) is 13.6 Å². The van der Waals surface area contributed by atoms with Gasteiger partial charge in [-0.15, -0.1) is 0 Å². The minimum Gasteiger partial charge on any atom is -0.392 e. The maximum Gasteiger partial charge on any atom is 0.0691 e. The third-order valence-electron chi connectivity index (χ3n) is 3.46. The Morgan fingerprint density at radius 2 is 1.85 bits per heavy atom. The molecule has 78 valence electrons. The molecule has 0 radical (unpaired) electrons. The average Bonchev–Trinajstić information content (AvgIpc) is 2.12. The number of hydrogen-bond donors (Lipinski definition) is 2. The van der Waals surface area contributed by atoms with Gasteiger partial charge in [0.25, 0.3) is 0 Å². The number of hydrogen-bond acceptors (Lipinski definition) is 3. The molecule has 3 unspecified atom stereocenters. The standard InChI is InChI=1S/C10H22N2O/c1-7-4-9(10(13)6-11)5-8(2)12(7)3/h7-10,13H,4-6,11H2,1-3H3. The fraction of sp³-hybridized carbons (Fsp3) is 1.00. The second-order valence-corrected chi connectivity index (χ2v) is 4.40. The third-order valence-corrected chi connectivity index (χ3v) is 3.46. The van der Waals surface area contributed by atoms with E-state index in [1.807, 2.05) is 0 Å². The molecule has 0 aliphatic carbocycles. The van der Waals surface area contributed by atoms with E-state index in [1.54, 1.807) is 0 Å². The fourth-order valence-electron chi connectivity index (χ4n) is 2.25. The molecule has 1 aliphatic rings. The minimum atomic E-state index is -0.307. The van der Waals surface area contributed by atoms with Gasteiger partial charge in [0.2, 0.25) is 0 Å². The van der Waals surface area contributed by atoms with Crippen molar-refractivity contribution in [3.63, 3.8) is 0 Å². The lowest BCUT2D eigenvalue weighted by Crippen LogP contribution is -2.47. The zero-order valence-electron chi connectivity index (χ0n) is 8.90. The predicted octanol–water partition coefficient (Wildman–Crippen LogP) is 0.425. The summed E-state index contributed by atoms with van der Waals surface area (Å²) in [6.45, 7) is 4.83. The molecule has 0 spiro atoms. The van der Waals surface area contributed by atoms with Crippen LogP contribution in [0.25, 0.3) is 0 Å². The first-order valence-corrected chi connectivity index (χ1v) is 5.16. The Balaban J connectivity index is 2.53. The summed E-state index contributed by atoms with van der Waals surface area (Å²) >= 11 is 0. The molecular weight excluding hydrogens is 164 g/mol. The van der Waals surface area contributed by atoms with Crippen molar-refractivity contribution in [2.45, 2.75) is 44.9 Å². The van der Waals surface area contributed by atoms with Crippen molar-refractivity contribution in [3.8, 4) is 0 Å². The summed E-state index contributed by atoms with van der Waals surface area (Å²) < 4.78 is 0. The van der Waals surface area contributed by atoms with Gasteiger partial charge in [-0.1, -0.05) is 0 Å². The fourth-order valence-corrected chi connectivity index (χ4v) is 2.25. The highest BCUT2D eigenvalue weighted by molar-refractivity contribution is 4.85. The summed E-state index contributed by atoms with van der Waals surface area (Å²) in [6, 6.07) is 1.13. The topological polar surface area (TPSA) is 49.5 Å². The Labute approximate surface area is 80.9 Å². The maximum absolute atomic E-state index is 9.66. The zero-order valence-corrected chi connectivity index (χ0v) is 8.90. The number of aliphatic hydroxyl groups is 1. The van der Waals surface area contributed by atoms with Crippen LogP contribution in [0.4, 0.5) is 0 Å². The molecule has 0 aromatic carbocycles. The van der Waals surface area contributed by atoms with Crippen molar-refractivity contribution in [1.82, 2.24) is 4.90 Å². The van der Waals surface area contributed by atoms with Crippen molar-refractivity contribution in [3.05, 3.63) is 0 Å². The lowest BCUT2D eigenvalue weighted by molar-refractivity contribution is 0.0243. The lowest BCUT2D eigenvalue weighted by Gasteiger charge is -2.41. The number of likely N-dealkylation sites (tertiary alicyclic amines) is 1. The molecule has 1 fully saturated rings. The summed E-state index contributed by atoms with van der Waals surface area (Å²) in [5.41, 5.74) is 5.46. The second kappa shape index (κ2) is 4.40. The molecule has 3 heteroatoms. The zero-order chi connectivity index (χ0) is 10.0. The van der Waals surface area contributed by atoms with E-state index in [0.29, 0.717) is 24.5 Å². The van der Waals surface area contributed by atoms with E-state index in [1.165, 1.54) is 0 Å². The number of rotatable bonds is 2. The molecule has 3 N–H and O–H groups in total. The highest BCUT2D eigenvalue weighted by atomic mass is 16.3. The van der Waals surface area contributed by atoms with Crippen LogP contribution >= 0.6 is 0 Å². The molecule has 0 amide bonds. The Kier molecular flexibility index (Phi) is 3.71. The van der Waals surface area contributed by atoms with Gasteiger partial charge in [-0.3, -0.25) is 0 Å². The Morgan fingerprint density at radius 1 is 1.38 bits per heavy atom. The van der Waals surface area contributed by atoms with Crippen LogP contribution in [0, 0.1) is 5.92 Å². The van der Waals surface area contributed by atoms with E-state index in [0.717, 1.165) is 12.8 Å². The Morgan fingerprint density at radius 3 is 2.23 bits per heavy atom. The average molecular weight is 186 g/mol. The molecule has 0 saturated carbocycles. The highest BCUT2D eigenvalue weighted by Crippen LogP contribution is 2.28. The molecule has 3 nitrogen and oxygen atoms in total. The van der Waals surface area contributed by atoms with Crippen LogP contribution < -0.4 is 5.73 Å². The Hall–Kier alpha value is -0.120. The minimum absolute atomic E-state index is 0.307. The molecule has 0 aromatic rings. The van der Waals surface area contributed by atoms with Gasteiger partial charge in [-0.05, 0) is 39.7 Å². The second-order valence-electron chi connectivity index (χ2n) is 4.40. The Bertz CT molecular complexity index is 151. The van der Waals surface area contributed by atoms with Gasteiger partial charge >= 0.3 is 0 Å². The smallest absolute Gasteiger partial charge is 0.0691 e. The van der Waals surface area contributed by atoms with Crippen LogP contribution in [0.5, 0.6) is 0 Å². The van der Waals surface area contributed by atoms with E-state index in [-0.39, 0.29) is 6.10 Å². The van der Waals surface area contributed by atoms with Crippen molar-refractivity contribution < 1.29 is 5.11 Å². The number of nitrogens with two attached hydrogens (primary N) is 1. The molecule has 1 heterocycles. The molecular formula is C10H22N2O. The summed E-state index contributed by atoms with van der Waals surface area (Å²) in [5.74, 6) is 0.395. The SMILES string of the molecule is CC1CC(C(O)CN)CC(C)N1C. The van der Waals surface area contributed by atoms with Crippen molar-refractivity contribution in [1.29, 1.82) is 0 Å². The van der Waals surface area contributed by atoms with Crippen LogP contribution in [-0.4, -0.2) is 41.8 Å². The van der Waals surface area contributed by atoms with E-state index < -0.39 is 0 Å². The summed E-state index contributed by atoms with van der Waals surface area (Å²) in [6.07, 6.45) is 1.83. The third kappa shape index (κ3) is 2.42. The van der Waals surface area contributed by atoms with Crippen molar-refractivity contribution in [2.24, 2.45) is 11.7 Å². The maximum atomic E-state index is 9.66. The summed E-state index contributed by atoms with van der Waals surface area (Å²) in [5, 5.41) is 9.66. The normalized spacial score (nSPS) is 39.0. The van der Waals surface area contributed by atoms with Gasteiger partial charge in [0.15, 0.2) is 0 Å². The number of aliphatic hydroxyl groups excluding tert-OH is 1. The van der Waals surface area contributed by atoms with Crippen LogP contribution in [0.2, 0.25) is 0 Å². The highest BCUT2D eigenvalue weighted by Gasteiger charge is 2.31. The number of piperidine rings is 1. The first-order chi connectivity index (χ1) is 6.06. The van der Waals surface area contributed by atoms with Gasteiger partial charge < -0.3 is 15.7 Å². The summed E-state index contributed by atoms with van der Waals surface area (Å²) in [7, 11) is 2.15. The van der Waals surface area contributed by atoms with Gasteiger partial charge in [0, 0.05) is 18.6 Å².